The molecule has 17 heavy (non-hydrogen) atoms. The number of hydrogen-bond donors (Lipinski definition) is 0. The standard InChI is InChI=1S/C14H20O3/c1-14(2,3)12-11(13(15)16-4)9-7-5-6-8-10(9)17-12/h5-8H2,1-4H3. The van der Waals surface area contributed by atoms with Gasteiger partial charge in [-0.3, -0.25) is 0 Å². The molecule has 1 aromatic rings. The summed E-state index contributed by atoms with van der Waals surface area (Å²) >= 11 is 0. The number of carbonyl (C=O) groups is 1. The summed E-state index contributed by atoms with van der Waals surface area (Å²) in [7, 11) is 1.43. The summed E-state index contributed by atoms with van der Waals surface area (Å²) in [4.78, 5) is 11.9. The normalized spacial score (nSPS) is 15.5. The van der Waals surface area contributed by atoms with E-state index in [-0.39, 0.29) is 11.4 Å². The summed E-state index contributed by atoms with van der Waals surface area (Å²) in [5.41, 5.74) is 1.59. The van der Waals surface area contributed by atoms with Crippen LogP contribution >= 0.6 is 0 Å². The first kappa shape index (κ1) is 12.2. The molecule has 1 aliphatic carbocycles. The Kier molecular flexibility index (Phi) is 3.02. The van der Waals surface area contributed by atoms with E-state index in [1.807, 2.05) is 0 Å². The second-order valence-corrected chi connectivity index (χ2v) is 5.66. The summed E-state index contributed by atoms with van der Waals surface area (Å²) in [6, 6.07) is 0. The number of esters is 1. The summed E-state index contributed by atoms with van der Waals surface area (Å²) in [6.07, 6.45) is 4.14. The molecule has 0 N–H and O–H groups in total. The Morgan fingerprint density at radius 2 is 1.88 bits per heavy atom. The van der Waals surface area contributed by atoms with Gasteiger partial charge in [-0.25, -0.2) is 4.79 Å². The molecule has 94 valence electrons. The van der Waals surface area contributed by atoms with Crippen LogP contribution in [0.25, 0.3) is 0 Å². The van der Waals surface area contributed by atoms with Gasteiger partial charge in [0.15, 0.2) is 0 Å². The molecule has 0 saturated heterocycles. The Morgan fingerprint density at radius 3 is 2.47 bits per heavy atom. The molecule has 1 heterocycles. The molecule has 0 aromatic carbocycles. The van der Waals surface area contributed by atoms with E-state index < -0.39 is 0 Å². The van der Waals surface area contributed by atoms with Gasteiger partial charge in [-0.15, -0.1) is 0 Å². The molecule has 3 nitrogen and oxygen atoms in total. The minimum absolute atomic E-state index is 0.166. The number of ether oxygens (including phenoxy) is 1. The predicted molar refractivity (Wildman–Crippen MR) is 65.4 cm³/mol. The van der Waals surface area contributed by atoms with Crippen molar-refractivity contribution in [2.75, 3.05) is 7.11 Å². The molecule has 3 heteroatoms. The lowest BCUT2D eigenvalue weighted by atomic mass is 9.87. The van der Waals surface area contributed by atoms with Gasteiger partial charge in [0, 0.05) is 17.4 Å². The van der Waals surface area contributed by atoms with Crippen LogP contribution in [0.2, 0.25) is 0 Å². The Bertz CT molecular complexity index is 435. The monoisotopic (exact) mass is 236 g/mol. The lowest BCUT2D eigenvalue weighted by Crippen LogP contribution is -2.17. The molecular weight excluding hydrogens is 216 g/mol. The van der Waals surface area contributed by atoms with Crippen molar-refractivity contribution in [3.05, 3.63) is 22.6 Å². The number of aryl methyl sites for hydroxylation is 1. The van der Waals surface area contributed by atoms with Crippen LogP contribution < -0.4 is 0 Å². The molecule has 0 saturated carbocycles. The fraction of sp³-hybridized carbons (Fsp3) is 0.643. The van der Waals surface area contributed by atoms with E-state index in [9.17, 15) is 4.79 Å². The lowest BCUT2D eigenvalue weighted by Gasteiger charge is -2.16. The number of carbonyl (C=O) groups excluding carboxylic acids is 1. The zero-order valence-corrected chi connectivity index (χ0v) is 11.1. The molecule has 0 fully saturated rings. The average Bonchev–Trinajstić information content (AvgIpc) is 2.67. The molecule has 0 spiro atoms. The highest BCUT2D eigenvalue weighted by Crippen LogP contribution is 2.36. The topological polar surface area (TPSA) is 39.4 Å². The summed E-state index contributed by atoms with van der Waals surface area (Å²) in [5.74, 6) is 1.50. The molecule has 0 unspecified atom stereocenters. The molecule has 1 aromatic heterocycles. The third-order valence-electron chi connectivity index (χ3n) is 3.24. The maximum atomic E-state index is 11.9. The third kappa shape index (κ3) is 2.11. The van der Waals surface area contributed by atoms with Crippen molar-refractivity contribution in [1.29, 1.82) is 0 Å². The first-order valence-corrected chi connectivity index (χ1v) is 6.18. The van der Waals surface area contributed by atoms with Crippen LogP contribution in [-0.4, -0.2) is 13.1 Å². The molecule has 0 amide bonds. The maximum absolute atomic E-state index is 11.9. The number of rotatable bonds is 1. The lowest BCUT2D eigenvalue weighted by molar-refractivity contribution is 0.0595. The number of fused-ring (bicyclic) bond motifs is 1. The van der Waals surface area contributed by atoms with E-state index in [0.717, 1.165) is 42.8 Å². The smallest absolute Gasteiger partial charge is 0.341 e. The maximum Gasteiger partial charge on any atom is 0.341 e. The van der Waals surface area contributed by atoms with Gasteiger partial charge in [-0.05, 0) is 19.3 Å². The van der Waals surface area contributed by atoms with Gasteiger partial charge in [0.25, 0.3) is 0 Å². The van der Waals surface area contributed by atoms with Gasteiger partial charge in [0.2, 0.25) is 0 Å². The third-order valence-corrected chi connectivity index (χ3v) is 3.24. The highest BCUT2D eigenvalue weighted by Gasteiger charge is 2.33. The van der Waals surface area contributed by atoms with Crippen molar-refractivity contribution in [1.82, 2.24) is 0 Å². The van der Waals surface area contributed by atoms with Gasteiger partial charge in [0.1, 0.15) is 17.1 Å². The number of methoxy groups -OCH3 is 1. The van der Waals surface area contributed by atoms with Crippen molar-refractivity contribution in [3.63, 3.8) is 0 Å². The Morgan fingerprint density at radius 1 is 1.24 bits per heavy atom. The molecule has 0 aliphatic heterocycles. The largest absolute Gasteiger partial charge is 0.465 e. The van der Waals surface area contributed by atoms with Crippen LogP contribution in [0, 0.1) is 0 Å². The SMILES string of the molecule is COC(=O)c1c(C(C)(C)C)oc2c1CCCC2. The Hall–Kier alpha value is -1.25. The van der Waals surface area contributed by atoms with E-state index >= 15 is 0 Å². The van der Waals surface area contributed by atoms with Crippen LogP contribution in [0.4, 0.5) is 0 Å². The molecule has 2 rings (SSSR count). The fourth-order valence-corrected chi connectivity index (χ4v) is 2.41. The van der Waals surface area contributed by atoms with E-state index in [1.165, 1.54) is 7.11 Å². The van der Waals surface area contributed by atoms with Crippen LogP contribution in [0.1, 0.15) is 61.1 Å². The molecule has 0 bridgehead atoms. The molecule has 1 aliphatic rings. The van der Waals surface area contributed by atoms with E-state index in [2.05, 4.69) is 20.8 Å². The molecule has 0 radical (unpaired) electrons. The zero-order chi connectivity index (χ0) is 12.6. The van der Waals surface area contributed by atoms with Gasteiger partial charge in [-0.1, -0.05) is 20.8 Å². The Labute approximate surface area is 102 Å². The van der Waals surface area contributed by atoms with Gasteiger partial charge >= 0.3 is 5.97 Å². The van der Waals surface area contributed by atoms with Crippen molar-refractivity contribution in [3.8, 4) is 0 Å². The van der Waals surface area contributed by atoms with Gasteiger partial charge in [-0.2, -0.15) is 0 Å². The van der Waals surface area contributed by atoms with E-state index in [1.54, 1.807) is 0 Å². The van der Waals surface area contributed by atoms with E-state index in [0.29, 0.717) is 5.56 Å². The first-order chi connectivity index (χ1) is 7.95. The highest BCUT2D eigenvalue weighted by atomic mass is 16.5. The zero-order valence-electron chi connectivity index (χ0n) is 11.1. The number of hydrogen-bond acceptors (Lipinski definition) is 3. The predicted octanol–water partition coefficient (Wildman–Crippen LogP) is 3.24. The van der Waals surface area contributed by atoms with Crippen LogP contribution in [0.15, 0.2) is 4.42 Å². The highest BCUT2D eigenvalue weighted by molar-refractivity contribution is 5.93. The van der Waals surface area contributed by atoms with Crippen LogP contribution in [0.5, 0.6) is 0 Å². The quantitative estimate of drug-likeness (QED) is 0.703. The second-order valence-electron chi connectivity index (χ2n) is 5.66. The molecule has 0 atom stereocenters. The number of furan rings is 1. The minimum Gasteiger partial charge on any atom is -0.465 e. The van der Waals surface area contributed by atoms with Crippen molar-refractivity contribution in [2.45, 2.75) is 51.9 Å². The van der Waals surface area contributed by atoms with Gasteiger partial charge in [0.05, 0.1) is 7.11 Å². The first-order valence-electron chi connectivity index (χ1n) is 6.18. The average molecular weight is 236 g/mol. The van der Waals surface area contributed by atoms with Crippen molar-refractivity contribution >= 4 is 5.97 Å². The minimum atomic E-state index is -0.262. The van der Waals surface area contributed by atoms with Crippen LogP contribution in [0.3, 0.4) is 0 Å². The summed E-state index contributed by atoms with van der Waals surface area (Å²) in [5, 5.41) is 0. The molecular formula is C14H20O3. The Balaban J connectivity index is 2.59. The van der Waals surface area contributed by atoms with Crippen molar-refractivity contribution < 1.29 is 13.9 Å². The van der Waals surface area contributed by atoms with Crippen molar-refractivity contribution in [2.24, 2.45) is 0 Å². The fourth-order valence-electron chi connectivity index (χ4n) is 2.41. The van der Waals surface area contributed by atoms with Crippen LogP contribution in [-0.2, 0) is 23.0 Å². The summed E-state index contributed by atoms with van der Waals surface area (Å²) < 4.78 is 10.8. The van der Waals surface area contributed by atoms with E-state index in [4.69, 9.17) is 9.15 Å². The second kappa shape index (κ2) is 4.21. The van der Waals surface area contributed by atoms with Gasteiger partial charge < -0.3 is 9.15 Å². The summed E-state index contributed by atoms with van der Waals surface area (Å²) in [6.45, 7) is 6.18.